The van der Waals surface area contributed by atoms with E-state index < -0.39 is 6.10 Å². The first-order valence-corrected chi connectivity index (χ1v) is 6.57. The number of aliphatic hydroxyl groups is 1. The zero-order chi connectivity index (χ0) is 13.1. The molecule has 0 amide bonds. The number of halogens is 1. The quantitative estimate of drug-likeness (QED) is 0.935. The van der Waals surface area contributed by atoms with Crippen molar-refractivity contribution in [1.82, 2.24) is 0 Å². The van der Waals surface area contributed by atoms with Gasteiger partial charge in [0.2, 0.25) is 0 Å². The van der Waals surface area contributed by atoms with E-state index in [0.717, 1.165) is 27.8 Å². The summed E-state index contributed by atoms with van der Waals surface area (Å²) in [6.45, 7) is 2.52. The summed E-state index contributed by atoms with van der Waals surface area (Å²) >= 11 is 3.43. The Kier molecular flexibility index (Phi) is 4.09. The van der Waals surface area contributed by atoms with Crippen LogP contribution in [0.2, 0.25) is 0 Å². The van der Waals surface area contributed by atoms with Crippen molar-refractivity contribution < 1.29 is 9.52 Å². The molecule has 2 aromatic rings. The molecule has 0 bridgehead atoms. The van der Waals surface area contributed by atoms with Crippen LogP contribution in [0.5, 0.6) is 0 Å². The van der Waals surface area contributed by atoms with Gasteiger partial charge < -0.3 is 14.4 Å². The van der Waals surface area contributed by atoms with Gasteiger partial charge in [0.05, 0.1) is 18.6 Å². The molecular weight excluding hydrogens is 294 g/mol. The number of nitrogens with zero attached hydrogens (tertiary/aromatic N) is 1. The molecule has 0 aliphatic heterocycles. The Balaban J connectivity index is 2.26. The molecule has 1 aromatic heterocycles. The van der Waals surface area contributed by atoms with Crippen LogP contribution >= 0.6 is 15.9 Å². The van der Waals surface area contributed by atoms with Gasteiger partial charge in [0.15, 0.2) is 0 Å². The molecular formula is C14H16BrNO2. The highest BCUT2D eigenvalue weighted by atomic mass is 79.9. The van der Waals surface area contributed by atoms with Gasteiger partial charge in [0.25, 0.3) is 0 Å². The van der Waals surface area contributed by atoms with Gasteiger partial charge in [0, 0.05) is 34.9 Å². The van der Waals surface area contributed by atoms with E-state index in [9.17, 15) is 5.11 Å². The molecule has 0 aliphatic carbocycles. The second kappa shape index (κ2) is 5.59. The first kappa shape index (κ1) is 13.2. The fraction of sp³-hybridized carbons (Fsp3) is 0.286. The molecule has 1 aromatic carbocycles. The number of hydrogen-bond donors (Lipinski definition) is 1. The molecule has 1 N–H and O–H groups in total. The zero-order valence-electron chi connectivity index (χ0n) is 10.4. The molecule has 4 heteroatoms. The Morgan fingerprint density at radius 3 is 2.78 bits per heavy atom. The third-order valence-electron chi connectivity index (χ3n) is 2.85. The number of aliphatic hydroxyl groups excluding tert-OH is 1. The molecule has 0 fully saturated rings. The van der Waals surface area contributed by atoms with Crippen molar-refractivity contribution in [3.05, 3.63) is 52.4 Å². The van der Waals surface area contributed by atoms with Crippen LogP contribution in [0, 0.1) is 0 Å². The highest BCUT2D eigenvalue weighted by Gasteiger charge is 2.12. The highest BCUT2D eigenvalue weighted by Crippen LogP contribution is 2.29. The van der Waals surface area contributed by atoms with Crippen LogP contribution < -0.4 is 4.90 Å². The minimum atomic E-state index is -0.496. The Labute approximate surface area is 115 Å². The largest absolute Gasteiger partial charge is 0.472 e. The first-order valence-electron chi connectivity index (χ1n) is 5.77. The van der Waals surface area contributed by atoms with E-state index in [1.165, 1.54) is 0 Å². The Morgan fingerprint density at radius 1 is 1.39 bits per heavy atom. The van der Waals surface area contributed by atoms with Crippen molar-refractivity contribution in [3.8, 4) is 0 Å². The van der Waals surface area contributed by atoms with Gasteiger partial charge in [-0.15, -0.1) is 0 Å². The molecule has 18 heavy (non-hydrogen) atoms. The summed E-state index contributed by atoms with van der Waals surface area (Å²) in [5.41, 5.74) is 3.04. The first-order chi connectivity index (χ1) is 8.58. The Hall–Kier alpha value is -1.26. The third-order valence-corrected chi connectivity index (χ3v) is 3.34. The molecule has 0 saturated heterocycles. The lowest BCUT2D eigenvalue weighted by Crippen LogP contribution is -2.18. The van der Waals surface area contributed by atoms with Crippen molar-refractivity contribution in [2.24, 2.45) is 0 Å². The van der Waals surface area contributed by atoms with Gasteiger partial charge in [-0.2, -0.15) is 0 Å². The number of rotatable bonds is 4. The molecule has 0 spiro atoms. The van der Waals surface area contributed by atoms with Gasteiger partial charge in [0.1, 0.15) is 0 Å². The Bertz CT molecular complexity index is 509. The van der Waals surface area contributed by atoms with Crippen molar-refractivity contribution >= 4 is 21.6 Å². The van der Waals surface area contributed by atoms with Gasteiger partial charge in [-0.1, -0.05) is 15.9 Å². The van der Waals surface area contributed by atoms with Crippen molar-refractivity contribution in [2.45, 2.75) is 19.6 Å². The lowest BCUT2D eigenvalue weighted by molar-refractivity contribution is 0.199. The maximum absolute atomic E-state index is 9.84. The topological polar surface area (TPSA) is 36.6 Å². The van der Waals surface area contributed by atoms with Crippen LogP contribution in [0.3, 0.4) is 0 Å². The SMILES string of the molecule is CC(O)c1cc(Br)ccc1N(C)Cc1ccoc1. The maximum Gasteiger partial charge on any atom is 0.0952 e. The van der Waals surface area contributed by atoms with E-state index in [-0.39, 0.29) is 0 Å². The third kappa shape index (κ3) is 2.94. The van der Waals surface area contributed by atoms with Crippen molar-refractivity contribution in [3.63, 3.8) is 0 Å². The predicted molar refractivity (Wildman–Crippen MR) is 75.6 cm³/mol. The number of anilines is 1. The fourth-order valence-electron chi connectivity index (χ4n) is 1.95. The van der Waals surface area contributed by atoms with Gasteiger partial charge >= 0.3 is 0 Å². The standard InChI is InChI=1S/C14H16BrNO2/c1-10(17)13-7-12(15)3-4-14(13)16(2)8-11-5-6-18-9-11/h3-7,9-10,17H,8H2,1-2H3. The zero-order valence-corrected chi connectivity index (χ0v) is 12.0. The molecule has 1 unspecified atom stereocenters. The second-order valence-corrected chi connectivity index (χ2v) is 5.28. The monoisotopic (exact) mass is 309 g/mol. The van der Waals surface area contributed by atoms with Crippen LogP contribution in [-0.2, 0) is 6.54 Å². The van der Waals surface area contributed by atoms with Crippen LogP contribution in [-0.4, -0.2) is 12.2 Å². The van der Waals surface area contributed by atoms with E-state index in [4.69, 9.17) is 4.42 Å². The predicted octanol–water partition coefficient (Wildman–Crippen LogP) is 3.73. The average Bonchev–Trinajstić information content (AvgIpc) is 2.81. The minimum absolute atomic E-state index is 0.496. The molecule has 0 radical (unpaired) electrons. The lowest BCUT2D eigenvalue weighted by Gasteiger charge is -2.23. The fourth-order valence-corrected chi connectivity index (χ4v) is 2.33. The average molecular weight is 310 g/mol. The van der Waals surface area contributed by atoms with Crippen LogP contribution in [0.1, 0.15) is 24.2 Å². The summed E-state index contributed by atoms with van der Waals surface area (Å²) in [5, 5.41) is 9.84. The molecule has 1 atom stereocenters. The molecule has 0 saturated carbocycles. The van der Waals surface area contributed by atoms with E-state index in [2.05, 4.69) is 20.8 Å². The van der Waals surface area contributed by atoms with E-state index >= 15 is 0 Å². The summed E-state index contributed by atoms with van der Waals surface area (Å²) in [6.07, 6.45) is 2.90. The molecule has 3 nitrogen and oxygen atoms in total. The van der Waals surface area contributed by atoms with Gasteiger partial charge in [-0.3, -0.25) is 0 Å². The summed E-state index contributed by atoms with van der Waals surface area (Å²) < 4.78 is 6.04. The minimum Gasteiger partial charge on any atom is -0.472 e. The van der Waals surface area contributed by atoms with Crippen LogP contribution in [0.4, 0.5) is 5.69 Å². The normalized spacial score (nSPS) is 12.4. The van der Waals surface area contributed by atoms with Crippen molar-refractivity contribution in [1.29, 1.82) is 0 Å². The van der Waals surface area contributed by atoms with E-state index in [1.807, 2.05) is 31.3 Å². The van der Waals surface area contributed by atoms with E-state index in [0.29, 0.717) is 0 Å². The summed E-state index contributed by atoms with van der Waals surface area (Å²) in [5.74, 6) is 0. The molecule has 1 heterocycles. The smallest absolute Gasteiger partial charge is 0.0952 e. The number of furan rings is 1. The summed E-state index contributed by atoms with van der Waals surface area (Å²) in [7, 11) is 2.00. The maximum atomic E-state index is 9.84. The number of hydrogen-bond acceptors (Lipinski definition) is 3. The second-order valence-electron chi connectivity index (χ2n) is 4.37. The van der Waals surface area contributed by atoms with Crippen LogP contribution in [0.15, 0.2) is 45.7 Å². The Morgan fingerprint density at radius 2 is 2.17 bits per heavy atom. The van der Waals surface area contributed by atoms with Crippen molar-refractivity contribution in [2.75, 3.05) is 11.9 Å². The highest BCUT2D eigenvalue weighted by molar-refractivity contribution is 9.10. The lowest BCUT2D eigenvalue weighted by atomic mass is 10.1. The van der Waals surface area contributed by atoms with Crippen LogP contribution in [0.25, 0.3) is 0 Å². The molecule has 2 rings (SSSR count). The summed E-state index contributed by atoms with van der Waals surface area (Å²) in [6, 6.07) is 7.88. The molecule has 96 valence electrons. The van der Waals surface area contributed by atoms with E-state index in [1.54, 1.807) is 19.5 Å². The molecule has 0 aliphatic rings. The number of benzene rings is 1. The van der Waals surface area contributed by atoms with Gasteiger partial charge in [-0.05, 0) is 31.2 Å². The van der Waals surface area contributed by atoms with Gasteiger partial charge in [-0.25, -0.2) is 0 Å². The summed E-state index contributed by atoms with van der Waals surface area (Å²) in [4.78, 5) is 2.10.